The molecule has 2 N–H and O–H groups in total. The Labute approximate surface area is 218 Å². The first-order valence-corrected chi connectivity index (χ1v) is 16.0. The summed E-state index contributed by atoms with van der Waals surface area (Å²) < 4.78 is 13.4. The predicted molar refractivity (Wildman–Crippen MR) is 144 cm³/mol. The third kappa shape index (κ3) is 4.36. The van der Waals surface area contributed by atoms with Gasteiger partial charge in [0, 0.05) is 30.5 Å². The predicted octanol–water partition coefficient (Wildman–Crippen LogP) is 5.18. The molecular formula is C29H38N3O4P. The van der Waals surface area contributed by atoms with E-state index in [0.717, 1.165) is 54.4 Å². The molecule has 8 atom stereocenters. The molecule has 37 heavy (non-hydrogen) atoms. The molecule has 4 aliphatic carbocycles. The van der Waals surface area contributed by atoms with Crippen molar-refractivity contribution in [2.24, 2.45) is 29.6 Å². The van der Waals surface area contributed by atoms with E-state index in [4.69, 9.17) is 0 Å². The van der Waals surface area contributed by atoms with Crippen LogP contribution in [0, 0.1) is 29.6 Å². The lowest BCUT2D eigenvalue weighted by molar-refractivity contribution is -0.0196. The average Bonchev–Trinajstić information content (AvgIpc) is 3.06. The van der Waals surface area contributed by atoms with E-state index in [1.165, 1.54) is 57.4 Å². The Hall–Kier alpha value is -1.79. The van der Waals surface area contributed by atoms with E-state index in [-0.39, 0.29) is 17.3 Å². The van der Waals surface area contributed by atoms with Crippen molar-refractivity contribution in [1.82, 2.24) is 14.5 Å². The monoisotopic (exact) mass is 523 g/mol. The molecular weight excluding hydrogens is 485 g/mol. The average molecular weight is 524 g/mol. The number of para-hydroxylation sites is 2. The number of benzene rings is 1. The zero-order valence-electron chi connectivity index (χ0n) is 21.4. The first kappa shape index (κ1) is 24.3. The van der Waals surface area contributed by atoms with Crippen molar-refractivity contribution >= 4 is 24.7 Å². The summed E-state index contributed by atoms with van der Waals surface area (Å²) in [6.07, 6.45) is 14.1. The molecule has 6 fully saturated rings. The molecule has 7 nitrogen and oxygen atoms in total. The van der Waals surface area contributed by atoms with Crippen LogP contribution in [0.4, 0.5) is 0 Å². The summed E-state index contributed by atoms with van der Waals surface area (Å²) in [7, 11) is -4.39. The second-order valence-electron chi connectivity index (χ2n) is 12.6. The molecule has 0 spiro atoms. The van der Waals surface area contributed by atoms with Gasteiger partial charge in [-0.1, -0.05) is 25.0 Å². The highest BCUT2D eigenvalue weighted by Gasteiger charge is 2.52. The van der Waals surface area contributed by atoms with Gasteiger partial charge in [-0.05, 0) is 99.2 Å². The molecule has 2 aromatic rings. The summed E-state index contributed by atoms with van der Waals surface area (Å²) in [5, 5.41) is 0. The van der Waals surface area contributed by atoms with Crippen LogP contribution >= 0.6 is 7.60 Å². The Bertz CT molecular complexity index is 1330. The SMILES string of the molecule is O=c1c(/C=C/P(=O)(O)O)nc2ccccc2n1C1CC2CCCCC1CN2C1CC2CC3CC(C1)C3C2. The smallest absolute Gasteiger partial charge is 0.321 e. The molecule has 8 heteroatoms. The standard InChI is InChI=1S/C29H38N3O4P/c33-29-26(9-10-37(34,35)36)30-25-7-3-4-8-27(25)32(29)28-16-22-6-2-1-5-19(28)17-31(22)23-12-18-11-20-14-21(15-23)24(20)13-18/h3-4,7-10,18-24,28H,1-2,5-6,11-17H2,(H2,34,35,36)/b10-9+. The minimum Gasteiger partial charge on any atom is -0.321 e. The minimum atomic E-state index is -4.39. The topological polar surface area (TPSA) is 95.7 Å². The van der Waals surface area contributed by atoms with Gasteiger partial charge in [-0.25, -0.2) is 4.98 Å². The number of fused-ring (bicyclic) bond motifs is 7. The van der Waals surface area contributed by atoms with Crippen LogP contribution in [0.25, 0.3) is 17.1 Å². The van der Waals surface area contributed by atoms with E-state index in [1.54, 1.807) is 0 Å². The van der Waals surface area contributed by atoms with Crippen molar-refractivity contribution in [2.75, 3.05) is 6.54 Å². The normalized spacial score (nSPS) is 37.9. The van der Waals surface area contributed by atoms with Crippen molar-refractivity contribution < 1.29 is 14.4 Å². The molecule has 4 bridgehead atoms. The molecule has 8 unspecified atom stereocenters. The molecule has 8 rings (SSSR count). The van der Waals surface area contributed by atoms with E-state index in [9.17, 15) is 19.1 Å². The summed E-state index contributed by atoms with van der Waals surface area (Å²) in [6.45, 7) is 1.06. The zero-order valence-corrected chi connectivity index (χ0v) is 22.3. The summed E-state index contributed by atoms with van der Waals surface area (Å²) in [6, 6.07) is 8.98. The first-order valence-electron chi connectivity index (χ1n) is 14.4. The second-order valence-corrected chi connectivity index (χ2v) is 14.1. The summed E-state index contributed by atoms with van der Waals surface area (Å²) in [5.41, 5.74) is 1.40. The lowest BCUT2D eigenvalue weighted by Gasteiger charge is -2.52. The maximum Gasteiger partial charge on any atom is 0.349 e. The number of aromatic nitrogens is 2. The third-order valence-electron chi connectivity index (χ3n) is 10.6. The Kier molecular flexibility index (Phi) is 6.00. The maximum absolute atomic E-state index is 13.8. The molecule has 1 aromatic carbocycles. The van der Waals surface area contributed by atoms with Crippen LogP contribution in [0.1, 0.15) is 75.9 Å². The van der Waals surface area contributed by atoms with Gasteiger partial charge in [0.25, 0.3) is 5.56 Å². The third-order valence-corrected chi connectivity index (χ3v) is 11.2. The summed E-state index contributed by atoms with van der Waals surface area (Å²) in [4.78, 5) is 39.9. The highest BCUT2D eigenvalue weighted by Crippen LogP contribution is 2.59. The molecule has 0 amide bonds. The quantitative estimate of drug-likeness (QED) is 0.537. The number of piperidine rings is 1. The Morgan fingerprint density at radius 3 is 2.59 bits per heavy atom. The van der Waals surface area contributed by atoms with E-state index in [0.29, 0.717) is 23.5 Å². The van der Waals surface area contributed by atoms with Crippen molar-refractivity contribution in [3.63, 3.8) is 0 Å². The van der Waals surface area contributed by atoms with Gasteiger partial charge in [0.05, 0.1) is 11.0 Å². The van der Waals surface area contributed by atoms with Gasteiger partial charge in [0.15, 0.2) is 0 Å². The molecule has 4 saturated carbocycles. The van der Waals surface area contributed by atoms with Crippen LogP contribution in [0.3, 0.4) is 0 Å². The number of hydrogen-bond donors (Lipinski definition) is 2. The highest BCUT2D eigenvalue weighted by atomic mass is 31.2. The molecule has 6 aliphatic rings. The van der Waals surface area contributed by atoms with Gasteiger partial charge in [-0.15, -0.1) is 0 Å². The molecule has 3 heterocycles. The maximum atomic E-state index is 13.8. The molecule has 0 radical (unpaired) electrons. The van der Waals surface area contributed by atoms with Gasteiger partial charge in [-0.2, -0.15) is 0 Å². The van der Waals surface area contributed by atoms with Gasteiger partial charge >= 0.3 is 7.60 Å². The van der Waals surface area contributed by atoms with Crippen molar-refractivity contribution in [1.29, 1.82) is 0 Å². The summed E-state index contributed by atoms with van der Waals surface area (Å²) >= 11 is 0. The van der Waals surface area contributed by atoms with Crippen LogP contribution in [0.15, 0.2) is 34.9 Å². The largest absolute Gasteiger partial charge is 0.349 e. The lowest BCUT2D eigenvalue weighted by Crippen LogP contribution is -2.55. The van der Waals surface area contributed by atoms with E-state index < -0.39 is 7.60 Å². The van der Waals surface area contributed by atoms with Crippen LogP contribution in [0.5, 0.6) is 0 Å². The number of nitrogens with zero attached hydrogens (tertiary/aromatic N) is 3. The van der Waals surface area contributed by atoms with Gasteiger partial charge < -0.3 is 14.4 Å². The van der Waals surface area contributed by atoms with E-state index in [1.807, 2.05) is 28.8 Å². The Balaban J connectivity index is 1.25. The molecule has 2 aliphatic heterocycles. The fourth-order valence-electron chi connectivity index (χ4n) is 9.10. The number of hydrogen-bond acceptors (Lipinski definition) is 4. The van der Waals surface area contributed by atoms with E-state index >= 15 is 0 Å². The zero-order chi connectivity index (χ0) is 25.3. The van der Waals surface area contributed by atoms with Crippen LogP contribution in [-0.2, 0) is 4.57 Å². The Morgan fingerprint density at radius 1 is 0.919 bits per heavy atom. The molecule has 1 aromatic heterocycles. The summed E-state index contributed by atoms with van der Waals surface area (Å²) in [5.74, 6) is 5.10. The first-order chi connectivity index (χ1) is 17.8. The second kappa shape index (κ2) is 9.15. The van der Waals surface area contributed by atoms with Gasteiger partial charge in [0.1, 0.15) is 5.69 Å². The Morgan fingerprint density at radius 2 is 1.73 bits per heavy atom. The highest BCUT2D eigenvalue weighted by molar-refractivity contribution is 7.55. The molecule has 198 valence electrons. The van der Waals surface area contributed by atoms with Crippen molar-refractivity contribution in [3.8, 4) is 0 Å². The lowest BCUT2D eigenvalue weighted by atomic mass is 9.64. The number of rotatable bonds is 4. The van der Waals surface area contributed by atoms with Gasteiger partial charge in [0.2, 0.25) is 0 Å². The van der Waals surface area contributed by atoms with Crippen LogP contribution in [0.2, 0.25) is 0 Å². The fraction of sp³-hybridized carbons (Fsp3) is 0.655. The molecule has 2 saturated heterocycles. The van der Waals surface area contributed by atoms with E-state index in [2.05, 4.69) is 9.88 Å². The minimum absolute atomic E-state index is 0.0828. The van der Waals surface area contributed by atoms with Crippen LogP contribution < -0.4 is 5.56 Å². The van der Waals surface area contributed by atoms with Crippen molar-refractivity contribution in [2.45, 2.75) is 82.3 Å². The van der Waals surface area contributed by atoms with Gasteiger partial charge in [-0.3, -0.25) is 14.3 Å². The van der Waals surface area contributed by atoms with Crippen molar-refractivity contribution in [3.05, 3.63) is 46.1 Å². The fourth-order valence-corrected chi connectivity index (χ4v) is 9.44. The van der Waals surface area contributed by atoms with Crippen LogP contribution in [-0.4, -0.2) is 42.9 Å².